The predicted octanol–water partition coefficient (Wildman–Crippen LogP) is 3.13. The van der Waals surface area contributed by atoms with Gasteiger partial charge >= 0.3 is 11.9 Å². The normalized spacial score (nSPS) is 10.4. The molecule has 1 N–H and O–H groups in total. The van der Waals surface area contributed by atoms with Crippen molar-refractivity contribution in [3.63, 3.8) is 0 Å². The molecule has 0 unspecified atom stereocenters. The van der Waals surface area contributed by atoms with E-state index in [1.807, 2.05) is 30.3 Å². The second-order valence-electron chi connectivity index (χ2n) is 6.88. The van der Waals surface area contributed by atoms with Crippen LogP contribution >= 0.6 is 0 Å². The smallest absolute Gasteiger partial charge is 0.342 e. The highest BCUT2D eigenvalue weighted by Crippen LogP contribution is 2.16. The monoisotopic (exact) mass is 421 g/mol. The maximum Gasteiger partial charge on any atom is 0.342 e. The van der Waals surface area contributed by atoms with Gasteiger partial charge in [-0.2, -0.15) is 5.10 Å². The molecule has 0 atom stereocenters. The van der Waals surface area contributed by atoms with Gasteiger partial charge in [0.25, 0.3) is 5.91 Å². The number of hydrogen-bond donors (Lipinski definition) is 1. The van der Waals surface area contributed by atoms with Crippen molar-refractivity contribution in [3.05, 3.63) is 82.7 Å². The lowest BCUT2D eigenvalue weighted by atomic mass is 10.2. The zero-order valence-corrected chi connectivity index (χ0v) is 17.5. The van der Waals surface area contributed by atoms with Gasteiger partial charge in [0.2, 0.25) is 0 Å². The fourth-order valence-electron chi connectivity index (χ4n) is 3.11. The Hall–Kier alpha value is -3.94. The number of hydrogen-bond acceptors (Lipinski definition) is 6. The summed E-state index contributed by atoms with van der Waals surface area (Å²) in [5.41, 5.74) is 3.46. The Kier molecular flexibility index (Phi) is 6.81. The maximum atomic E-state index is 12.6. The van der Waals surface area contributed by atoms with Gasteiger partial charge in [-0.1, -0.05) is 30.3 Å². The SMILES string of the molecule is COC(=O)c1ccc(NC(=O)COC(=O)c2c(C)nn(Cc3ccccc3)c2C)cc1. The summed E-state index contributed by atoms with van der Waals surface area (Å²) >= 11 is 0. The number of nitrogens with zero attached hydrogens (tertiary/aromatic N) is 2. The minimum atomic E-state index is -0.606. The van der Waals surface area contributed by atoms with Crippen molar-refractivity contribution in [3.8, 4) is 0 Å². The molecule has 8 heteroatoms. The molecule has 1 heterocycles. The number of carbonyl (C=O) groups is 3. The van der Waals surface area contributed by atoms with Crippen LogP contribution in [0.15, 0.2) is 54.6 Å². The number of aromatic nitrogens is 2. The van der Waals surface area contributed by atoms with Crippen molar-refractivity contribution in [1.82, 2.24) is 9.78 Å². The lowest BCUT2D eigenvalue weighted by molar-refractivity contribution is -0.119. The van der Waals surface area contributed by atoms with E-state index in [0.29, 0.717) is 34.7 Å². The van der Waals surface area contributed by atoms with Crippen molar-refractivity contribution in [1.29, 1.82) is 0 Å². The zero-order valence-electron chi connectivity index (χ0n) is 17.5. The van der Waals surface area contributed by atoms with Crippen molar-refractivity contribution < 1.29 is 23.9 Å². The first-order chi connectivity index (χ1) is 14.9. The average molecular weight is 421 g/mol. The third kappa shape index (κ3) is 5.36. The lowest BCUT2D eigenvalue weighted by Crippen LogP contribution is -2.21. The molecular weight excluding hydrogens is 398 g/mol. The summed E-state index contributed by atoms with van der Waals surface area (Å²) < 4.78 is 11.6. The summed E-state index contributed by atoms with van der Waals surface area (Å²) in [7, 11) is 1.29. The van der Waals surface area contributed by atoms with E-state index in [0.717, 1.165) is 5.56 Å². The Bertz CT molecular complexity index is 1090. The van der Waals surface area contributed by atoms with E-state index in [4.69, 9.17) is 4.74 Å². The van der Waals surface area contributed by atoms with Crippen LogP contribution in [-0.2, 0) is 20.8 Å². The van der Waals surface area contributed by atoms with Gasteiger partial charge in [0, 0.05) is 5.69 Å². The largest absolute Gasteiger partial charge is 0.465 e. The number of benzene rings is 2. The summed E-state index contributed by atoms with van der Waals surface area (Å²) in [4.78, 5) is 36.1. The first-order valence-electron chi connectivity index (χ1n) is 9.62. The van der Waals surface area contributed by atoms with Crippen LogP contribution in [0.2, 0.25) is 0 Å². The number of rotatable bonds is 7. The number of methoxy groups -OCH3 is 1. The van der Waals surface area contributed by atoms with E-state index < -0.39 is 24.5 Å². The van der Waals surface area contributed by atoms with Gasteiger partial charge in [-0.05, 0) is 43.7 Å². The molecule has 0 radical (unpaired) electrons. The lowest BCUT2D eigenvalue weighted by Gasteiger charge is -2.08. The molecule has 0 spiro atoms. The quantitative estimate of drug-likeness (QED) is 0.589. The molecule has 0 aliphatic carbocycles. The number of carbonyl (C=O) groups excluding carboxylic acids is 3. The fourth-order valence-corrected chi connectivity index (χ4v) is 3.11. The molecule has 3 rings (SSSR count). The Morgan fingerprint density at radius 1 is 0.968 bits per heavy atom. The van der Waals surface area contributed by atoms with Gasteiger partial charge in [0.15, 0.2) is 6.61 Å². The number of esters is 2. The van der Waals surface area contributed by atoms with E-state index in [-0.39, 0.29) is 0 Å². The van der Waals surface area contributed by atoms with E-state index in [9.17, 15) is 14.4 Å². The van der Waals surface area contributed by atoms with Crippen LogP contribution in [0, 0.1) is 13.8 Å². The molecule has 1 amide bonds. The highest BCUT2D eigenvalue weighted by Gasteiger charge is 2.21. The molecule has 31 heavy (non-hydrogen) atoms. The number of nitrogens with one attached hydrogen (secondary N) is 1. The van der Waals surface area contributed by atoms with Crippen molar-refractivity contribution in [2.24, 2.45) is 0 Å². The van der Waals surface area contributed by atoms with Crippen molar-refractivity contribution in [2.45, 2.75) is 20.4 Å². The van der Waals surface area contributed by atoms with Crippen LogP contribution in [0.5, 0.6) is 0 Å². The number of amides is 1. The van der Waals surface area contributed by atoms with E-state index in [2.05, 4.69) is 15.2 Å². The van der Waals surface area contributed by atoms with Crippen LogP contribution < -0.4 is 5.32 Å². The van der Waals surface area contributed by atoms with Crippen LogP contribution in [0.25, 0.3) is 0 Å². The summed E-state index contributed by atoms with van der Waals surface area (Å²) in [6, 6.07) is 16.0. The Labute approximate surface area is 179 Å². The van der Waals surface area contributed by atoms with E-state index >= 15 is 0 Å². The fraction of sp³-hybridized carbons (Fsp3) is 0.217. The number of ether oxygens (including phenoxy) is 2. The Morgan fingerprint density at radius 3 is 2.29 bits per heavy atom. The van der Waals surface area contributed by atoms with E-state index in [1.54, 1.807) is 30.7 Å². The highest BCUT2D eigenvalue weighted by atomic mass is 16.5. The molecule has 0 bridgehead atoms. The third-order valence-corrected chi connectivity index (χ3v) is 4.68. The van der Waals surface area contributed by atoms with Gasteiger partial charge < -0.3 is 14.8 Å². The molecular formula is C23H23N3O5. The second kappa shape index (κ2) is 9.71. The zero-order chi connectivity index (χ0) is 22.4. The first kappa shape index (κ1) is 21.8. The first-order valence-corrected chi connectivity index (χ1v) is 9.62. The topological polar surface area (TPSA) is 99.5 Å². The summed E-state index contributed by atoms with van der Waals surface area (Å²) in [5, 5.41) is 7.04. The molecule has 0 saturated carbocycles. The molecule has 0 saturated heterocycles. The number of anilines is 1. The predicted molar refractivity (Wildman–Crippen MR) is 114 cm³/mol. The van der Waals surface area contributed by atoms with Crippen molar-refractivity contribution >= 4 is 23.5 Å². The Balaban J connectivity index is 1.59. The molecule has 8 nitrogen and oxygen atoms in total. The van der Waals surface area contributed by atoms with Gasteiger partial charge in [-0.25, -0.2) is 9.59 Å². The molecule has 0 aliphatic rings. The van der Waals surface area contributed by atoms with Crippen molar-refractivity contribution in [2.75, 3.05) is 19.0 Å². The molecule has 0 fully saturated rings. The van der Waals surface area contributed by atoms with Crippen LogP contribution in [0.4, 0.5) is 5.69 Å². The molecule has 0 aliphatic heterocycles. The summed E-state index contributed by atoms with van der Waals surface area (Å²) in [6.45, 7) is 3.61. The van der Waals surface area contributed by atoms with E-state index in [1.165, 1.54) is 19.2 Å². The highest BCUT2D eigenvalue weighted by molar-refractivity contribution is 5.97. The van der Waals surface area contributed by atoms with Gasteiger partial charge in [-0.15, -0.1) is 0 Å². The average Bonchev–Trinajstić information content (AvgIpc) is 3.05. The second-order valence-corrected chi connectivity index (χ2v) is 6.88. The van der Waals surface area contributed by atoms with Gasteiger partial charge in [-0.3, -0.25) is 9.48 Å². The third-order valence-electron chi connectivity index (χ3n) is 4.68. The maximum absolute atomic E-state index is 12.6. The van der Waals surface area contributed by atoms with Crippen LogP contribution in [-0.4, -0.2) is 41.3 Å². The molecule has 1 aromatic heterocycles. The summed E-state index contributed by atoms with van der Waals surface area (Å²) in [6.07, 6.45) is 0. The molecule has 160 valence electrons. The number of aryl methyl sites for hydroxylation is 1. The minimum Gasteiger partial charge on any atom is -0.465 e. The van der Waals surface area contributed by atoms with Crippen LogP contribution in [0.3, 0.4) is 0 Å². The molecule has 3 aromatic rings. The standard InChI is InChI=1S/C23H23N3O5/c1-15-21(16(2)26(25-15)13-17-7-5-4-6-8-17)23(29)31-14-20(27)24-19-11-9-18(10-12-19)22(28)30-3/h4-12H,13-14H2,1-3H3,(H,24,27). The Morgan fingerprint density at radius 2 is 1.65 bits per heavy atom. The molecule has 2 aromatic carbocycles. The van der Waals surface area contributed by atoms with Crippen LogP contribution in [0.1, 0.15) is 37.7 Å². The summed E-state index contributed by atoms with van der Waals surface area (Å²) in [5.74, 6) is -1.57. The van der Waals surface area contributed by atoms with Gasteiger partial charge in [0.1, 0.15) is 5.56 Å². The minimum absolute atomic E-state index is 0.353. The van der Waals surface area contributed by atoms with Gasteiger partial charge in [0.05, 0.1) is 30.6 Å².